The van der Waals surface area contributed by atoms with Gasteiger partial charge in [0.05, 0.1) is 11.4 Å². The molecule has 5 nitrogen and oxygen atoms in total. The van der Waals surface area contributed by atoms with Crippen LogP contribution in [0.15, 0.2) is 59.4 Å². The molecule has 0 bridgehead atoms. The van der Waals surface area contributed by atoms with Crippen LogP contribution in [0.2, 0.25) is 0 Å². The SMILES string of the molecule is CC(C)(C)c1nc2c(c(=O)[nH]1)CCN(Cc1c(-c3ccccc3)[nH]c3ccccc13)C2. The summed E-state index contributed by atoms with van der Waals surface area (Å²) in [6.45, 7) is 8.59. The Bertz CT molecular complexity index is 1290. The van der Waals surface area contributed by atoms with Crippen molar-refractivity contribution in [1.29, 1.82) is 0 Å². The van der Waals surface area contributed by atoms with Crippen LogP contribution in [0.25, 0.3) is 22.2 Å². The number of aromatic nitrogens is 3. The molecule has 4 aromatic rings. The van der Waals surface area contributed by atoms with E-state index in [0.29, 0.717) is 6.54 Å². The van der Waals surface area contributed by atoms with Gasteiger partial charge in [0, 0.05) is 41.5 Å². The molecule has 0 aliphatic carbocycles. The van der Waals surface area contributed by atoms with E-state index in [1.54, 1.807) is 0 Å². The number of H-pyrrole nitrogens is 2. The van der Waals surface area contributed by atoms with Crippen LogP contribution < -0.4 is 5.56 Å². The molecule has 0 fully saturated rings. The number of nitrogens with zero attached hydrogens (tertiary/aromatic N) is 2. The van der Waals surface area contributed by atoms with E-state index in [0.717, 1.165) is 42.1 Å². The van der Waals surface area contributed by atoms with Crippen LogP contribution in [-0.2, 0) is 24.9 Å². The first-order chi connectivity index (χ1) is 14.9. The van der Waals surface area contributed by atoms with E-state index >= 15 is 0 Å². The zero-order valence-corrected chi connectivity index (χ0v) is 18.3. The van der Waals surface area contributed by atoms with E-state index in [2.05, 4.69) is 84.2 Å². The smallest absolute Gasteiger partial charge is 0.254 e. The minimum Gasteiger partial charge on any atom is -0.354 e. The van der Waals surface area contributed by atoms with Gasteiger partial charge in [0.2, 0.25) is 0 Å². The van der Waals surface area contributed by atoms with Crippen molar-refractivity contribution in [3.8, 4) is 11.3 Å². The lowest BCUT2D eigenvalue weighted by atomic mass is 9.94. The molecule has 0 atom stereocenters. The van der Waals surface area contributed by atoms with Gasteiger partial charge in [0.25, 0.3) is 5.56 Å². The second-order valence-electron chi connectivity index (χ2n) is 9.44. The predicted molar refractivity (Wildman–Crippen MR) is 125 cm³/mol. The topological polar surface area (TPSA) is 64.8 Å². The fourth-order valence-corrected chi connectivity index (χ4v) is 4.42. The minimum absolute atomic E-state index is 0.0200. The molecule has 0 saturated carbocycles. The molecule has 31 heavy (non-hydrogen) atoms. The van der Waals surface area contributed by atoms with Gasteiger partial charge in [-0.3, -0.25) is 9.69 Å². The minimum atomic E-state index is -0.187. The summed E-state index contributed by atoms with van der Waals surface area (Å²) in [6, 6.07) is 19.0. The highest BCUT2D eigenvalue weighted by atomic mass is 16.1. The maximum atomic E-state index is 12.6. The Morgan fingerprint density at radius 2 is 1.74 bits per heavy atom. The van der Waals surface area contributed by atoms with Gasteiger partial charge in [-0.15, -0.1) is 0 Å². The monoisotopic (exact) mass is 412 g/mol. The second kappa shape index (κ2) is 7.50. The van der Waals surface area contributed by atoms with E-state index in [1.807, 2.05) is 6.07 Å². The molecule has 1 aliphatic rings. The molecule has 5 heteroatoms. The lowest BCUT2D eigenvalue weighted by molar-refractivity contribution is 0.240. The molecule has 2 aromatic heterocycles. The van der Waals surface area contributed by atoms with Gasteiger partial charge in [0.15, 0.2) is 0 Å². The standard InChI is InChI=1S/C26H28N4O/c1-26(2,3)25-28-22-16-30(14-13-19(22)24(31)29-25)15-20-18-11-7-8-12-21(18)27-23(20)17-9-5-4-6-10-17/h4-12,27H,13-16H2,1-3H3,(H,28,29,31). The zero-order valence-electron chi connectivity index (χ0n) is 18.3. The lowest BCUT2D eigenvalue weighted by Gasteiger charge is -2.29. The molecule has 3 heterocycles. The number of para-hydroxylation sites is 1. The van der Waals surface area contributed by atoms with Crippen molar-refractivity contribution in [2.45, 2.75) is 45.7 Å². The highest BCUT2D eigenvalue weighted by Crippen LogP contribution is 2.32. The summed E-state index contributed by atoms with van der Waals surface area (Å²) in [7, 11) is 0. The summed E-state index contributed by atoms with van der Waals surface area (Å²) >= 11 is 0. The van der Waals surface area contributed by atoms with Gasteiger partial charge in [-0.25, -0.2) is 4.98 Å². The largest absolute Gasteiger partial charge is 0.354 e. The van der Waals surface area contributed by atoms with E-state index in [9.17, 15) is 4.79 Å². The van der Waals surface area contributed by atoms with Gasteiger partial charge in [0.1, 0.15) is 5.82 Å². The third-order valence-corrected chi connectivity index (χ3v) is 6.12. The van der Waals surface area contributed by atoms with Crippen molar-refractivity contribution in [3.05, 3.63) is 87.6 Å². The van der Waals surface area contributed by atoms with Crippen molar-refractivity contribution in [3.63, 3.8) is 0 Å². The number of rotatable bonds is 3. The van der Waals surface area contributed by atoms with E-state index in [4.69, 9.17) is 4.98 Å². The van der Waals surface area contributed by atoms with Crippen LogP contribution in [0, 0.1) is 0 Å². The summed E-state index contributed by atoms with van der Waals surface area (Å²) in [6.07, 6.45) is 0.727. The molecule has 5 rings (SSSR count). The van der Waals surface area contributed by atoms with Crippen molar-refractivity contribution in [1.82, 2.24) is 19.9 Å². The first-order valence-corrected chi connectivity index (χ1v) is 10.9. The number of fused-ring (bicyclic) bond motifs is 2. The molecule has 0 spiro atoms. The average Bonchev–Trinajstić information content (AvgIpc) is 3.12. The molecular formula is C26H28N4O. The van der Waals surface area contributed by atoms with E-state index < -0.39 is 0 Å². The predicted octanol–water partition coefficient (Wildman–Crippen LogP) is 4.77. The number of hydrogen-bond acceptors (Lipinski definition) is 3. The summed E-state index contributed by atoms with van der Waals surface area (Å²) in [4.78, 5) is 26.5. The van der Waals surface area contributed by atoms with Crippen molar-refractivity contribution >= 4 is 10.9 Å². The van der Waals surface area contributed by atoms with E-state index in [1.165, 1.54) is 22.2 Å². The third-order valence-electron chi connectivity index (χ3n) is 6.12. The van der Waals surface area contributed by atoms with Gasteiger partial charge in [-0.1, -0.05) is 69.3 Å². The van der Waals surface area contributed by atoms with Crippen LogP contribution in [-0.4, -0.2) is 26.4 Å². The van der Waals surface area contributed by atoms with Gasteiger partial charge < -0.3 is 9.97 Å². The van der Waals surface area contributed by atoms with Crippen molar-refractivity contribution < 1.29 is 0 Å². The molecule has 0 saturated heterocycles. The second-order valence-corrected chi connectivity index (χ2v) is 9.44. The Hall–Kier alpha value is -3.18. The number of aromatic amines is 2. The Labute approximate surface area is 182 Å². The maximum absolute atomic E-state index is 12.6. The van der Waals surface area contributed by atoms with Crippen LogP contribution in [0.1, 0.15) is 43.4 Å². The van der Waals surface area contributed by atoms with Gasteiger partial charge in [-0.2, -0.15) is 0 Å². The van der Waals surface area contributed by atoms with Crippen molar-refractivity contribution in [2.75, 3.05) is 6.54 Å². The van der Waals surface area contributed by atoms with Crippen LogP contribution in [0.3, 0.4) is 0 Å². The quantitative estimate of drug-likeness (QED) is 0.509. The molecular weight excluding hydrogens is 384 g/mol. The molecule has 158 valence electrons. The first kappa shape index (κ1) is 19.8. The average molecular weight is 413 g/mol. The first-order valence-electron chi connectivity index (χ1n) is 10.9. The van der Waals surface area contributed by atoms with Crippen LogP contribution in [0.5, 0.6) is 0 Å². The molecule has 2 N–H and O–H groups in total. The van der Waals surface area contributed by atoms with Crippen molar-refractivity contribution in [2.24, 2.45) is 0 Å². The number of hydrogen-bond donors (Lipinski definition) is 2. The highest BCUT2D eigenvalue weighted by molar-refractivity contribution is 5.90. The third kappa shape index (κ3) is 3.70. The zero-order chi connectivity index (χ0) is 21.6. The number of benzene rings is 2. The van der Waals surface area contributed by atoms with E-state index in [-0.39, 0.29) is 11.0 Å². The Morgan fingerprint density at radius 3 is 2.52 bits per heavy atom. The Balaban J connectivity index is 1.52. The normalized spacial score (nSPS) is 14.7. The van der Waals surface area contributed by atoms with Gasteiger partial charge in [-0.05, 0) is 23.6 Å². The summed E-state index contributed by atoms with van der Waals surface area (Å²) in [5.41, 5.74) is 6.40. The molecule has 0 radical (unpaired) electrons. The number of nitrogens with one attached hydrogen (secondary N) is 2. The molecule has 0 unspecified atom stereocenters. The van der Waals surface area contributed by atoms with Crippen LogP contribution in [0.4, 0.5) is 0 Å². The fourth-order valence-electron chi connectivity index (χ4n) is 4.42. The van der Waals surface area contributed by atoms with Gasteiger partial charge >= 0.3 is 0 Å². The maximum Gasteiger partial charge on any atom is 0.254 e. The highest BCUT2D eigenvalue weighted by Gasteiger charge is 2.26. The van der Waals surface area contributed by atoms with Crippen LogP contribution >= 0.6 is 0 Å². The summed E-state index contributed by atoms with van der Waals surface area (Å²) in [5.74, 6) is 0.759. The molecule has 1 aliphatic heterocycles. The summed E-state index contributed by atoms with van der Waals surface area (Å²) in [5, 5.41) is 1.25. The fraction of sp³-hybridized carbons (Fsp3) is 0.308. The summed E-state index contributed by atoms with van der Waals surface area (Å²) < 4.78 is 0. The molecule has 0 amide bonds. The Kier molecular flexibility index (Phi) is 4.78. The lowest BCUT2D eigenvalue weighted by Crippen LogP contribution is -2.36. The molecule has 2 aromatic carbocycles. The Morgan fingerprint density at radius 1 is 1.00 bits per heavy atom.